The third-order valence-corrected chi connectivity index (χ3v) is 2.90. The fraction of sp³-hybridized carbons (Fsp3) is 0.875. The smallest absolute Gasteiger partial charge is 0.225 e. The molecule has 15 heavy (non-hydrogen) atoms. The molecular weight excluding hydrogens is 218 g/mol. The largest absolute Gasteiger partial charge is 0.356 e. The minimum atomic E-state index is -3.11. The van der Waals surface area contributed by atoms with Crippen LogP contribution in [0.4, 0.5) is 0 Å². The van der Waals surface area contributed by atoms with Gasteiger partial charge in [0.05, 0.1) is 12.2 Å². The molecule has 1 amide bonds. The normalized spacial score (nSPS) is 17.1. The summed E-state index contributed by atoms with van der Waals surface area (Å²) in [5.41, 5.74) is 0. The van der Waals surface area contributed by atoms with E-state index in [-0.39, 0.29) is 11.8 Å². The molecule has 7 heteroatoms. The van der Waals surface area contributed by atoms with Gasteiger partial charge >= 0.3 is 0 Å². The Balaban J connectivity index is 1.99. The van der Waals surface area contributed by atoms with Gasteiger partial charge in [-0.05, 0) is 6.42 Å². The molecule has 88 valence electrons. The Morgan fingerprint density at radius 3 is 2.53 bits per heavy atom. The van der Waals surface area contributed by atoms with Crippen LogP contribution in [-0.4, -0.2) is 46.8 Å². The minimum absolute atomic E-state index is 0.0492. The molecule has 0 aliphatic carbocycles. The lowest BCUT2D eigenvalue weighted by Crippen LogP contribution is -2.51. The van der Waals surface area contributed by atoms with E-state index in [1.54, 1.807) is 0 Å². The van der Waals surface area contributed by atoms with Gasteiger partial charge in [0.2, 0.25) is 15.9 Å². The molecule has 1 aliphatic rings. The molecule has 0 aromatic carbocycles. The Labute approximate surface area is 89.9 Å². The zero-order valence-corrected chi connectivity index (χ0v) is 9.56. The highest BCUT2D eigenvalue weighted by Gasteiger charge is 2.23. The lowest BCUT2D eigenvalue weighted by atomic mass is 10.0. The number of hydrogen-bond donors (Lipinski definition) is 3. The maximum atomic E-state index is 11.3. The van der Waals surface area contributed by atoms with Crippen LogP contribution < -0.4 is 15.4 Å². The van der Waals surface area contributed by atoms with Gasteiger partial charge in [-0.25, -0.2) is 13.1 Å². The predicted octanol–water partition coefficient (Wildman–Crippen LogP) is -1.74. The van der Waals surface area contributed by atoms with Crippen molar-refractivity contribution in [1.82, 2.24) is 15.4 Å². The third kappa shape index (κ3) is 5.10. The molecule has 0 unspecified atom stereocenters. The van der Waals surface area contributed by atoms with E-state index in [4.69, 9.17) is 0 Å². The van der Waals surface area contributed by atoms with Gasteiger partial charge in [-0.2, -0.15) is 0 Å². The Morgan fingerprint density at radius 2 is 2.07 bits per heavy atom. The Hall–Kier alpha value is -0.660. The van der Waals surface area contributed by atoms with E-state index in [0.717, 1.165) is 19.3 Å². The van der Waals surface area contributed by atoms with E-state index in [2.05, 4.69) is 15.4 Å². The molecule has 6 nitrogen and oxygen atoms in total. The average Bonchev–Trinajstić information content (AvgIpc) is 1.97. The molecule has 0 bridgehead atoms. The van der Waals surface area contributed by atoms with Gasteiger partial charge in [-0.15, -0.1) is 0 Å². The lowest BCUT2D eigenvalue weighted by Gasteiger charge is -2.25. The SMILES string of the molecule is CS(=O)(=O)NCCCNC(=O)C1CNC1. The van der Waals surface area contributed by atoms with E-state index < -0.39 is 10.0 Å². The molecule has 0 radical (unpaired) electrons. The van der Waals surface area contributed by atoms with Gasteiger partial charge < -0.3 is 10.6 Å². The van der Waals surface area contributed by atoms with Crippen molar-refractivity contribution < 1.29 is 13.2 Å². The number of amides is 1. The van der Waals surface area contributed by atoms with E-state index in [0.29, 0.717) is 19.5 Å². The molecule has 0 aromatic rings. The van der Waals surface area contributed by atoms with Gasteiger partial charge in [0, 0.05) is 26.2 Å². The van der Waals surface area contributed by atoms with Crippen LogP contribution in [-0.2, 0) is 14.8 Å². The van der Waals surface area contributed by atoms with Crippen LogP contribution in [0.2, 0.25) is 0 Å². The Morgan fingerprint density at radius 1 is 1.40 bits per heavy atom. The van der Waals surface area contributed by atoms with Crippen molar-refractivity contribution >= 4 is 15.9 Å². The minimum Gasteiger partial charge on any atom is -0.356 e. The predicted molar refractivity (Wildman–Crippen MR) is 56.8 cm³/mol. The summed E-state index contributed by atoms with van der Waals surface area (Å²) in [6.45, 7) is 2.36. The zero-order chi connectivity index (χ0) is 11.3. The summed E-state index contributed by atoms with van der Waals surface area (Å²) >= 11 is 0. The molecular formula is C8H17N3O3S. The average molecular weight is 235 g/mol. The molecule has 1 rings (SSSR count). The summed E-state index contributed by atoms with van der Waals surface area (Å²) in [5.74, 6) is 0.140. The summed E-state index contributed by atoms with van der Waals surface area (Å²) in [7, 11) is -3.11. The molecule has 1 fully saturated rings. The highest BCUT2D eigenvalue weighted by molar-refractivity contribution is 7.88. The number of hydrogen-bond acceptors (Lipinski definition) is 4. The van der Waals surface area contributed by atoms with Crippen molar-refractivity contribution in [2.75, 3.05) is 32.4 Å². The first-order chi connectivity index (χ1) is 6.99. The second kappa shape index (κ2) is 5.43. The molecule has 1 aliphatic heterocycles. The first-order valence-corrected chi connectivity index (χ1v) is 6.81. The highest BCUT2D eigenvalue weighted by atomic mass is 32.2. The monoisotopic (exact) mass is 235 g/mol. The van der Waals surface area contributed by atoms with Crippen LogP contribution in [0.1, 0.15) is 6.42 Å². The standard InChI is InChI=1S/C8H17N3O3S/c1-15(13,14)11-4-2-3-10-8(12)7-5-9-6-7/h7,9,11H,2-6H2,1H3,(H,10,12). The fourth-order valence-corrected chi connectivity index (χ4v) is 1.69. The van der Waals surface area contributed by atoms with Crippen molar-refractivity contribution in [3.05, 3.63) is 0 Å². The van der Waals surface area contributed by atoms with Crippen LogP contribution in [0.5, 0.6) is 0 Å². The number of carbonyl (C=O) groups is 1. The van der Waals surface area contributed by atoms with Gasteiger partial charge in [0.1, 0.15) is 0 Å². The van der Waals surface area contributed by atoms with Crippen molar-refractivity contribution in [3.8, 4) is 0 Å². The summed E-state index contributed by atoms with van der Waals surface area (Å²) < 4.78 is 23.7. The quantitative estimate of drug-likeness (QED) is 0.477. The first-order valence-electron chi connectivity index (χ1n) is 4.92. The Kier molecular flexibility index (Phi) is 4.49. The molecule has 0 spiro atoms. The number of rotatable bonds is 6. The van der Waals surface area contributed by atoms with Gasteiger partial charge in [-0.1, -0.05) is 0 Å². The lowest BCUT2D eigenvalue weighted by molar-refractivity contribution is -0.126. The maximum absolute atomic E-state index is 11.3. The van der Waals surface area contributed by atoms with Crippen molar-refractivity contribution in [2.24, 2.45) is 5.92 Å². The van der Waals surface area contributed by atoms with Crippen LogP contribution in [0.15, 0.2) is 0 Å². The first kappa shape index (κ1) is 12.4. The van der Waals surface area contributed by atoms with E-state index in [1.807, 2.05) is 0 Å². The van der Waals surface area contributed by atoms with Crippen LogP contribution in [0.3, 0.4) is 0 Å². The third-order valence-electron chi connectivity index (χ3n) is 2.17. The second-order valence-electron chi connectivity index (χ2n) is 3.67. The van der Waals surface area contributed by atoms with Gasteiger partial charge in [0.25, 0.3) is 0 Å². The fourth-order valence-electron chi connectivity index (χ4n) is 1.18. The second-order valence-corrected chi connectivity index (χ2v) is 5.50. The molecule has 1 saturated heterocycles. The summed E-state index contributed by atoms with van der Waals surface area (Å²) in [6, 6.07) is 0. The summed E-state index contributed by atoms with van der Waals surface area (Å²) in [5, 5.41) is 5.77. The highest BCUT2D eigenvalue weighted by Crippen LogP contribution is 2.01. The van der Waals surface area contributed by atoms with E-state index >= 15 is 0 Å². The molecule has 0 atom stereocenters. The maximum Gasteiger partial charge on any atom is 0.225 e. The molecule has 1 heterocycles. The number of sulfonamides is 1. The van der Waals surface area contributed by atoms with Gasteiger partial charge in [-0.3, -0.25) is 4.79 Å². The molecule has 0 aromatic heterocycles. The summed E-state index contributed by atoms with van der Waals surface area (Å²) in [6.07, 6.45) is 1.73. The van der Waals surface area contributed by atoms with Crippen molar-refractivity contribution in [2.45, 2.75) is 6.42 Å². The molecule has 3 N–H and O–H groups in total. The zero-order valence-electron chi connectivity index (χ0n) is 8.75. The van der Waals surface area contributed by atoms with Crippen LogP contribution in [0.25, 0.3) is 0 Å². The van der Waals surface area contributed by atoms with E-state index in [9.17, 15) is 13.2 Å². The number of carbonyl (C=O) groups excluding carboxylic acids is 1. The molecule has 0 saturated carbocycles. The topological polar surface area (TPSA) is 87.3 Å². The van der Waals surface area contributed by atoms with E-state index in [1.165, 1.54) is 0 Å². The summed E-state index contributed by atoms with van der Waals surface area (Å²) in [4.78, 5) is 11.3. The van der Waals surface area contributed by atoms with Crippen molar-refractivity contribution in [1.29, 1.82) is 0 Å². The van der Waals surface area contributed by atoms with Crippen molar-refractivity contribution in [3.63, 3.8) is 0 Å². The number of nitrogens with one attached hydrogen (secondary N) is 3. The van der Waals surface area contributed by atoms with Crippen LogP contribution in [0, 0.1) is 5.92 Å². The van der Waals surface area contributed by atoms with Crippen LogP contribution >= 0.6 is 0 Å². The van der Waals surface area contributed by atoms with Gasteiger partial charge in [0.15, 0.2) is 0 Å². The Bertz CT molecular complexity index is 311.